The largest absolute Gasteiger partial charge is 0.466 e. The second-order valence-corrected chi connectivity index (χ2v) is 6.70. The van der Waals surface area contributed by atoms with E-state index in [0.29, 0.717) is 13.2 Å². The average molecular weight is 329 g/mol. The average Bonchev–Trinajstić information content (AvgIpc) is 2.99. The van der Waals surface area contributed by atoms with Gasteiger partial charge in [0.25, 0.3) is 0 Å². The molecule has 2 heterocycles. The predicted molar refractivity (Wildman–Crippen MR) is 94.9 cm³/mol. The van der Waals surface area contributed by atoms with Crippen molar-refractivity contribution in [1.29, 1.82) is 0 Å². The van der Waals surface area contributed by atoms with E-state index in [4.69, 9.17) is 9.47 Å². The van der Waals surface area contributed by atoms with E-state index in [9.17, 15) is 4.79 Å². The van der Waals surface area contributed by atoms with Crippen LogP contribution < -0.4 is 0 Å². The van der Waals surface area contributed by atoms with Crippen molar-refractivity contribution in [2.45, 2.75) is 46.1 Å². The maximum absolute atomic E-state index is 12.6. The molecule has 130 valence electrons. The number of H-pyrrole nitrogens is 1. The van der Waals surface area contributed by atoms with E-state index in [2.05, 4.69) is 37.0 Å². The van der Waals surface area contributed by atoms with Crippen LogP contribution in [0.4, 0.5) is 0 Å². The number of aromatic nitrogens is 1. The molecule has 3 unspecified atom stereocenters. The predicted octanol–water partition coefficient (Wildman–Crippen LogP) is 4.18. The van der Waals surface area contributed by atoms with Gasteiger partial charge in [-0.1, -0.05) is 38.5 Å². The zero-order valence-corrected chi connectivity index (χ0v) is 15.0. The Morgan fingerprint density at radius 2 is 2.08 bits per heavy atom. The van der Waals surface area contributed by atoms with E-state index in [1.54, 1.807) is 0 Å². The second-order valence-electron chi connectivity index (χ2n) is 6.70. The third kappa shape index (κ3) is 2.44. The van der Waals surface area contributed by atoms with Crippen molar-refractivity contribution in [3.63, 3.8) is 0 Å². The first-order valence-electron chi connectivity index (χ1n) is 8.96. The Hall–Kier alpha value is -1.81. The highest BCUT2D eigenvalue weighted by Gasteiger charge is 2.51. The molecule has 0 bridgehead atoms. The lowest BCUT2D eigenvalue weighted by Crippen LogP contribution is -2.49. The van der Waals surface area contributed by atoms with Crippen LogP contribution in [0.5, 0.6) is 0 Å². The van der Waals surface area contributed by atoms with E-state index in [-0.39, 0.29) is 17.8 Å². The molecule has 0 radical (unpaired) electrons. The smallest absolute Gasteiger partial charge is 0.312 e. The molecule has 1 aromatic heterocycles. The Balaban J connectivity index is 2.19. The maximum Gasteiger partial charge on any atom is 0.312 e. The van der Waals surface area contributed by atoms with Gasteiger partial charge in [0.1, 0.15) is 5.60 Å². The quantitative estimate of drug-likeness (QED) is 0.837. The monoisotopic (exact) mass is 329 g/mol. The van der Waals surface area contributed by atoms with E-state index in [1.807, 2.05) is 19.9 Å². The fourth-order valence-corrected chi connectivity index (χ4v) is 4.09. The highest BCUT2D eigenvalue weighted by Crippen LogP contribution is 2.47. The van der Waals surface area contributed by atoms with Gasteiger partial charge >= 0.3 is 5.97 Å². The highest BCUT2D eigenvalue weighted by molar-refractivity contribution is 5.86. The number of fused-ring (bicyclic) bond motifs is 3. The van der Waals surface area contributed by atoms with Crippen LogP contribution in [0.25, 0.3) is 10.9 Å². The molecule has 4 heteroatoms. The van der Waals surface area contributed by atoms with Crippen LogP contribution in [-0.4, -0.2) is 24.2 Å². The van der Waals surface area contributed by atoms with Crippen LogP contribution in [0.1, 0.15) is 45.4 Å². The number of ether oxygens (including phenoxy) is 2. The Kier molecular flexibility index (Phi) is 4.68. The molecule has 2 aromatic rings. The van der Waals surface area contributed by atoms with E-state index in [0.717, 1.165) is 24.1 Å². The third-order valence-electron chi connectivity index (χ3n) is 5.53. The minimum absolute atomic E-state index is 0.190. The zero-order valence-electron chi connectivity index (χ0n) is 15.0. The summed E-state index contributed by atoms with van der Waals surface area (Å²) >= 11 is 0. The van der Waals surface area contributed by atoms with Gasteiger partial charge in [-0.25, -0.2) is 0 Å². The van der Waals surface area contributed by atoms with Crippen LogP contribution in [-0.2, 0) is 26.3 Å². The van der Waals surface area contributed by atoms with Crippen molar-refractivity contribution in [2.24, 2.45) is 11.8 Å². The van der Waals surface area contributed by atoms with Gasteiger partial charge in [0, 0.05) is 10.9 Å². The van der Waals surface area contributed by atoms with Crippen molar-refractivity contribution < 1.29 is 14.3 Å². The zero-order chi connectivity index (χ0) is 17.3. The van der Waals surface area contributed by atoms with Crippen LogP contribution >= 0.6 is 0 Å². The molecule has 0 saturated heterocycles. The van der Waals surface area contributed by atoms with Crippen molar-refractivity contribution in [2.75, 3.05) is 13.2 Å². The Bertz CT molecular complexity index is 736. The molecule has 0 aliphatic carbocycles. The number of aromatic amines is 1. The Morgan fingerprint density at radius 1 is 1.33 bits per heavy atom. The number of hydrogen-bond acceptors (Lipinski definition) is 3. The van der Waals surface area contributed by atoms with Crippen molar-refractivity contribution in [1.82, 2.24) is 4.98 Å². The van der Waals surface area contributed by atoms with Crippen LogP contribution in [0.3, 0.4) is 0 Å². The number of esters is 1. The van der Waals surface area contributed by atoms with Crippen molar-refractivity contribution in [3.8, 4) is 0 Å². The number of carbonyl (C=O) groups excluding carboxylic acids is 1. The number of carbonyl (C=O) groups is 1. The fraction of sp³-hybridized carbons (Fsp3) is 0.550. The van der Waals surface area contributed by atoms with E-state index in [1.165, 1.54) is 10.9 Å². The molecule has 24 heavy (non-hydrogen) atoms. The summed E-state index contributed by atoms with van der Waals surface area (Å²) in [5.41, 5.74) is 2.79. The molecule has 0 fully saturated rings. The number of nitrogens with one attached hydrogen (secondary N) is 1. The number of para-hydroxylation sites is 1. The van der Waals surface area contributed by atoms with Gasteiger partial charge < -0.3 is 14.5 Å². The van der Waals surface area contributed by atoms with Gasteiger partial charge in [-0.05, 0) is 37.8 Å². The molecule has 1 aromatic carbocycles. The number of benzene rings is 1. The molecule has 4 nitrogen and oxygen atoms in total. The van der Waals surface area contributed by atoms with Gasteiger partial charge in [0.2, 0.25) is 0 Å². The summed E-state index contributed by atoms with van der Waals surface area (Å²) in [5, 5.41) is 1.24. The molecule has 3 rings (SSSR count). The summed E-state index contributed by atoms with van der Waals surface area (Å²) in [6, 6.07) is 8.33. The molecule has 0 spiro atoms. The number of rotatable bonds is 5. The minimum atomic E-state index is -0.659. The van der Waals surface area contributed by atoms with Gasteiger partial charge in [-0.15, -0.1) is 0 Å². The Morgan fingerprint density at radius 3 is 2.79 bits per heavy atom. The van der Waals surface area contributed by atoms with E-state index >= 15 is 0 Å². The van der Waals surface area contributed by atoms with Crippen molar-refractivity contribution in [3.05, 3.63) is 35.5 Å². The second kappa shape index (κ2) is 6.60. The van der Waals surface area contributed by atoms with Gasteiger partial charge in [0.15, 0.2) is 0 Å². The molecule has 1 N–H and O–H groups in total. The summed E-state index contributed by atoms with van der Waals surface area (Å²) in [5.74, 6) is -0.354. The Labute approximate surface area is 143 Å². The first kappa shape index (κ1) is 17.0. The van der Waals surface area contributed by atoms with Crippen LogP contribution in [0, 0.1) is 11.8 Å². The summed E-state index contributed by atoms with van der Waals surface area (Å²) in [6.45, 7) is 9.10. The molecule has 0 saturated carbocycles. The van der Waals surface area contributed by atoms with E-state index < -0.39 is 5.60 Å². The lowest BCUT2D eigenvalue weighted by atomic mass is 9.72. The SMILES string of the molecule is CCOC(=O)C(C)C1(C(C)CC)OCCc2c1[nH]c1ccccc21. The molecular formula is C20H27NO3. The molecule has 1 aliphatic rings. The summed E-state index contributed by atoms with van der Waals surface area (Å²) < 4.78 is 11.7. The standard InChI is InChI=1S/C20H27NO3/c1-5-13(3)20(14(4)19(22)23-6-2)18-16(11-12-24-20)15-9-7-8-10-17(15)21-18/h7-10,13-14,21H,5-6,11-12H2,1-4H3. The number of hydrogen-bond donors (Lipinski definition) is 1. The highest BCUT2D eigenvalue weighted by atomic mass is 16.5. The minimum Gasteiger partial charge on any atom is -0.466 e. The maximum atomic E-state index is 12.6. The van der Waals surface area contributed by atoms with Gasteiger partial charge in [-0.2, -0.15) is 0 Å². The lowest BCUT2D eigenvalue weighted by molar-refractivity contribution is -0.177. The lowest BCUT2D eigenvalue weighted by Gasteiger charge is -2.44. The third-order valence-corrected chi connectivity index (χ3v) is 5.53. The molecule has 0 amide bonds. The van der Waals surface area contributed by atoms with Crippen LogP contribution in [0.2, 0.25) is 0 Å². The van der Waals surface area contributed by atoms with Crippen LogP contribution in [0.15, 0.2) is 24.3 Å². The molecule has 1 aliphatic heterocycles. The summed E-state index contributed by atoms with van der Waals surface area (Å²) in [6.07, 6.45) is 1.80. The first-order valence-corrected chi connectivity index (χ1v) is 8.96. The molecular weight excluding hydrogens is 302 g/mol. The molecule has 3 atom stereocenters. The van der Waals surface area contributed by atoms with Crippen molar-refractivity contribution >= 4 is 16.9 Å². The first-order chi connectivity index (χ1) is 11.6. The summed E-state index contributed by atoms with van der Waals surface area (Å²) in [7, 11) is 0. The van der Waals surface area contributed by atoms with Gasteiger partial charge in [0.05, 0.1) is 24.8 Å². The normalized spacial score (nSPS) is 22.8. The van der Waals surface area contributed by atoms with Gasteiger partial charge in [-0.3, -0.25) is 4.79 Å². The summed E-state index contributed by atoms with van der Waals surface area (Å²) in [4.78, 5) is 16.1. The fourth-order valence-electron chi connectivity index (χ4n) is 4.09. The topological polar surface area (TPSA) is 51.3 Å².